The van der Waals surface area contributed by atoms with Crippen LogP contribution >= 0.6 is 0 Å². The molecule has 0 heterocycles. The molecule has 0 bridgehead atoms. The summed E-state index contributed by atoms with van der Waals surface area (Å²) in [7, 11) is 0. The van der Waals surface area contributed by atoms with Gasteiger partial charge in [-0.2, -0.15) is 13.2 Å². The maximum atomic E-state index is 13.2. The minimum Gasteiger partial charge on any atom is -0.166 e. The minimum absolute atomic E-state index is 0.181. The molecule has 0 saturated carbocycles. The first-order valence-electron chi connectivity index (χ1n) is 9.43. The van der Waals surface area contributed by atoms with Gasteiger partial charge in [0.25, 0.3) is 0 Å². The summed E-state index contributed by atoms with van der Waals surface area (Å²) in [6, 6.07) is 9.96. The predicted octanol–water partition coefficient (Wildman–Crippen LogP) is 7.40. The van der Waals surface area contributed by atoms with Crippen molar-refractivity contribution in [1.82, 2.24) is 0 Å². The van der Waals surface area contributed by atoms with Crippen LogP contribution in [0.3, 0.4) is 0 Å². The summed E-state index contributed by atoms with van der Waals surface area (Å²) in [4.78, 5) is 0. The van der Waals surface area contributed by atoms with E-state index in [1.165, 1.54) is 41.7 Å². The summed E-state index contributed by atoms with van der Waals surface area (Å²) in [5.74, 6) is 0. The van der Waals surface area contributed by atoms with Crippen molar-refractivity contribution in [3.63, 3.8) is 0 Å². The number of alkyl halides is 3. The third-order valence-corrected chi connectivity index (χ3v) is 5.54. The van der Waals surface area contributed by atoms with E-state index in [-0.39, 0.29) is 5.56 Å². The van der Waals surface area contributed by atoms with E-state index in [1.807, 2.05) is 0 Å². The fourth-order valence-corrected chi connectivity index (χ4v) is 4.01. The highest BCUT2D eigenvalue weighted by molar-refractivity contribution is 5.72. The zero-order valence-corrected chi connectivity index (χ0v) is 15.8. The number of hydrogen-bond acceptors (Lipinski definition) is 0. The molecule has 2 aromatic carbocycles. The molecule has 3 rings (SSSR count). The first-order chi connectivity index (χ1) is 12.8. The summed E-state index contributed by atoms with van der Waals surface area (Å²) in [5.41, 5.74) is 6.29. The van der Waals surface area contributed by atoms with Gasteiger partial charge in [-0.3, -0.25) is 0 Å². The van der Waals surface area contributed by atoms with Crippen molar-refractivity contribution >= 4 is 11.1 Å². The van der Waals surface area contributed by atoms with Crippen LogP contribution in [0.4, 0.5) is 13.2 Å². The van der Waals surface area contributed by atoms with E-state index in [0.717, 1.165) is 30.0 Å². The van der Waals surface area contributed by atoms with Crippen LogP contribution in [0.15, 0.2) is 49.6 Å². The van der Waals surface area contributed by atoms with E-state index in [4.69, 9.17) is 0 Å². The third-order valence-electron chi connectivity index (χ3n) is 5.54. The van der Waals surface area contributed by atoms with Gasteiger partial charge in [-0.1, -0.05) is 43.5 Å². The van der Waals surface area contributed by atoms with Gasteiger partial charge in [-0.05, 0) is 90.5 Å². The Morgan fingerprint density at radius 1 is 0.889 bits per heavy atom. The zero-order valence-electron chi connectivity index (χ0n) is 15.8. The Balaban J connectivity index is 1.75. The molecule has 0 aliphatic heterocycles. The molecule has 27 heavy (non-hydrogen) atoms. The number of benzene rings is 2. The van der Waals surface area contributed by atoms with Gasteiger partial charge >= 0.3 is 6.18 Å². The Morgan fingerprint density at radius 2 is 1.52 bits per heavy atom. The molecule has 0 nitrogen and oxygen atoms in total. The van der Waals surface area contributed by atoms with Crippen molar-refractivity contribution in [1.29, 1.82) is 0 Å². The van der Waals surface area contributed by atoms with Crippen molar-refractivity contribution < 1.29 is 13.2 Å². The molecule has 1 aliphatic rings. The van der Waals surface area contributed by atoms with Crippen LogP contribution in [-0.2, 0) is 19.0 Å². The molecule has 142 valence electrons. The number of aryl methyl sites for hydroxylation is 1. The Hall–Kier alpha value is -2.29. The number of halogens is 3. The lowest BCUT2D eigenvalue weighted by Gasteiger charge is -2.21. The smallest absolute Gasteiger partial charge is 0.166 e. The van der Waals surface area contributed by atoms with Crippen LogP contribution in [0, 0.1) is 6.92 Å². The predicted molar refractivity (Wildman–Crippen MR) is 107 cm³/mol. The fraction of sp³-hybridized carbons (Fsp3) is 0.333. The summed E-state index contributed by atoms with van der Waals surface area (Å²) < 4.78 is 39.7. The van der Waals surface area contributed by atoms with Gasteiger partial charge < -0.3 is 0 Å². The van der Waals surface area contributed by atoms with Crippen molar-refractivity contribution in [2.24, 2.45) is 0 Å². The highest BCUT2D eigenvalue weighted by atomic mass is 19.4. The third kappa shape index (κ3) is 4.18. The van der Waals surface area contributed by atoms with Crippen LogP contribution in [-0.4, -0.2) is 0 Å². The molecule has 0 spiro atoms. The molecule has 0 radical (unpaired) electrons. The highest BCUT2D eigenvalue weighted by Crippen LogP contribution is 2.37. The standard InChI is InChI=1S/C24H25F3/c1-16(20-15-14-19-8-4-5-10-22(19)18(20)3)12-13-17(2)21-9-6-7-11-23(21)24(25,26)27/h6-7,9,11,14-15H,1-2,4-5,8,10,12-13H2,3H3. The van der Waals surface area contributed by atoms with Crippen molar-refractivity contribution in [3.05, 3.63) is 82.9 Å². The van der Waals surface area contributed by atoms with E-state index in [0.29, 0.717) is 18.4 Å². The SMILES string of the molecule is C=C(CCC(=C)c1ccc2c(c1C)CCCC2)c1ccccc1C(F)(F)F. The first-order valence-corrected chi connectivity index (χ1v) is 9.43. The maximum Gasteiger partial charge on any atom is 0.416 e. The summed E-state index contributed by atoms with van der Waals surface area (Å²) in [5, 5.41) is 0. The second-order valence-corrected chi connectivity index (χ2v) is 7.33. The second-order valence-electron chi connectivity index (χ2n) is 7.33. The Bertz CT molecular complexity index is 872. The largest absolute Gasteiger partial charge is 0.416 e. The summed E-state index contributed by atoms with van der Waals surface area (Å²) >= 11 is 0. The fourth-order valence-electron chi connectivity index (χ4n) is 4.01. The molecule has 0 fully saturated rings. The summed E-state index contributed by atoms with van der Waals surface area (Å²) in [6.45, 7) is 10.3. The second kappa shape index (κ2) is 7.75. The molecule has 0 N–H and O–H groups in total. The van der Waals surface area contributed by atoms with E-state index >= 15 is 0 Å². The molecule has 0 atom stereocenters. The van der Waals surface area contributed by atoms with E-state index in [2.05, 4.69) is 32.2 Å². The monoisotopic (exact) mass is 370 g/mol. The lowest BCUT2D eigenvalue weighted by Crippen LogP contribution is -2.08. The van der Waals surface area contributed by atoms with E-state index in [9.17, 15) is 13.2 Å². The maximum absolute atomic E-state index is 13.2. The van der Waals surface area contributed by atoms with Gasteiger partial charge in [0.2, 0.25) is 0 Å². The van der Waals surface area contributed by atoms with Gasteiger partial charge in [-0.15, -0.1) is 0 Å². The van der Waals surface area contributed by atoms with Crippen molar-refractivity contribution in [2.45, 2.75) is 51.6 Å². The lowest BCUT2D eigenvalue weighted by atomic mass is 9.84. The van der Waals surface area contributed by atoms with Crippen molar-refractivity contribution in [3.8, 4) is 0 Å². The van der Waals surface area contributed by atoms with Crippen LogP contribution in [0.5, 0.6) is 0 Å². The highest BCUT2D eigenvalue weighted by Gasteiger charge is 2.33. The van der Waals surface area contributed by atoms with Crippen molar-refractivity contribution in [2.75, 3.05) is 0 Å². The topological polar surface area (TPSA) is 0 Å². The number of allylic oxidation sites excluding steroid dienone is 2. The molecular weight excluding hydrogens is 345 g/mol. The van der Waals surface area contributed by atoms with Gasteiger partial charge in [-0.25, -0.2) is 0 Å². The molecule has 3 heteroatoms. The molecule has 0 amide bonds. The van der Waals surface area contributed by atoms with Gasteiger partial charge in [0.05, 0.1) is 5.56 Å². The number of rotatable bonds is 5. The lowest BCUT2D eigenvalue weighted by molar-refractivity contribution is -0.137. The molecule has 0 unspecified atom stereocenters. The number of fused-ring (bicyclic) bond motifs is 1. The Morgan fingerprint density at radius 3 is 2.22 bits per heavy atom. The Labute approximate surface area is 159 Å². The average molecular weight is 370 g/mol. The first kappa shape index (κ1) is 19.5. The average Bonchev–Trinajstić information content (AvgIpc) is 2.65. The van der Waals surface area contributed by atoms with E-state index < -0.39 is 11.7 Å². The molecule has 1 aliphatic carbocycles. The quantitative estimate of drug-likeness (QED) is 0.514. The molecular formula is C24H25F3. The van der Waals surface area contributed by atoms with Gasteiger partial charge in [0.1, 0.15) is 0 Å². The molecule has 2 aromatic rings. The minimum atomic E-state index is -4.37. The van der Waals surface area contributed by atoms with Crippen LogP contribution in [0.25, 0.3) is 11.1 Å². The van der Waals surface area contributed by atoms with Gasteiger partial charge in [0.15, 0.2) is 0 Å². The van der Waals surface area contributed by atoms with Crippen LogP contribution < -0.4 is 0 Å². The normalized spacial score (nSPS) is 13.9. The molecule has 0 aromatic heterocycles. The molecule has 0 saturated heterocycles. The van der Waals surface area contributed by atoms with E-state index in [1.54, 1.807) is 6.07 Å². The number of hydrogen-bond donors (Lipinski definition) is 0. The zero-order chi connectivity index (χ0) is 19.6. The summed E-state index contributed by atoms with van der Waals surface area (Å²) in [6.07, 6.45) is 1.39. The van der Waals surface area contributed by atoms with Crippen LogP contribution in [0.1, 0.15) is 59.1 Å². The van der Waals surface area contributed by atoms with Crippen LogP contribution in [0.2, 0.25) is 0 Å². The Kier molecular flexibility index (Phi) is 5.59. The van der Waals surface area contributed by atoms with Gasteiger partial charge in [0, 0.05) is 0 Å².